The maximum atomic E-state index is 6.28. The normalized spacial score (nSPS) is 31.1. The van der Waals surface area contributed by atoms with E-state index in [1.165, 1.54) is 6.33 Å². The summed E-state index contributed by atoms with van der Waals surface area (Å²) in [4.78, 5) is 8.54. The Balaban J connectivity index is 1.67. The van der Waals surface area contributed by atoms with Crippen molar-refractivity contribution < 1.29 is 9.47 Å². The van der Waals surface area contributed by atoms with Gasteiger partial charge in [0.05, 0.1) is 17.5 Å². The summed E-state index contributed by atoms with van der Waals surface area (Å²) in [6.07, 6.45) is 4.65. The molecule has 1 aliphatic carbocycles. The Morgan fingerprint density at radius 2 is 2.08 bits per heavy atom. The van der Waals surface area contributed by atoms with Crippen LogP contribution in [0.2, 0.25) is 0 Å². The van der Waals surface area contributed by atoms with Crippen LogP contribution in [0.3, 0.4) is 0 Å². The number of nitrogen functional groups attached to an aromatic ring is 1. The fraction of sp³-hybridized carbons (Fsp3) is 0.667. The van der Waals surface area contributed by atoms with Crippen molar-refractivity contribution in [1.82, 2.24) is 19.9 Å². The Bertz CT molecular complexity index is 772. The van der Waals surface area contributed by atoms with Crippen molar-refractivity contribution in [3.05, 3.63) is 18.6 Å². The van der Waals surface area contributed by atoms with Crippen molar-refractivity contribution in [3.8, 4) is 0 Å². The molecule has 2 aromatic heterocycles. The van der Waals surface area contributed by atoms with E-state index in [0.29, 0.717) is 17.8 Å². The standard InChI is InChI=1S/C18H27N5O2/c1-10(2)20-8-11-7-13(15-14(11)24-18(3,4)25-15)23-6-5-12-16(19)21-9-22-17(12)23/h5-6,9-11,13-15,20H,7-8H2,1-4H3,(H2,19,21,22). The molecular formula is C18H27N5O2. The van der Waals surface area contributed by atoms with Crippen LogP contribution in [0.25, 0.3) is 11.0 Å². The van der Waals surface area contributed by atoms with Gasteiger partial charge in [0.25, 0.3) is 0 Å². The molecule has 3 N–H and O–H groups in total. The third-order valence-corrected chi connectivity index (χ3v) is 5.24. The highest BCUT2D eigenvalue weighted by molar-refractivity contribution is 5.86. The van der Waals surface area contributed by atoms with Crippen molar-refractivity contribution >= 4 is 16.9 Å². The predicted octanol–water partition coefficient (Wildman–Crippen LogP) is 2.09. The van der Waals surface area contributed by atoms with Crippen molar-refractivity contribution in [3.63, 3.8) is 0 Å². The second-order valence-electron chi connectivity index (χ2n) is 7.91. The molecule has 0 bridgehead atoms. The average molecular weight is 345 g/mol. The van der Waals surface area contributed by atoms with E-state index in [9.17, 15) is 0 Å². The molecule has 2 fully saturated rings. The molecule has 7 nitrogen and oxygen atoms in total. The fourth-order valence-corrected chi connectivity index (χ4v) is 4.17. The highest BCUT2D eigenvalue weighted by Gasteiger charge is 2.54. The number of hydrogen-bond acceptors (Lipinski definition) is 6. The van der Waals surface area contributed by atoms with Crippen molar-refractivity contribution in [2.75, 3.05) is 12.3 Å². The van der Waals surface area contributed by atoms with Gasteiger partial charge in [0, 0.05) is 24.7 Å². The van der Waals surface area contributed by atoms with Gasteiger partial charge in [-0.05, 0) is 26.3 Å². The summed E-state index contributed by atoms with van der Waals surface area (Å²) in [6.45, 7) is 9.23. The first-order chi connectivity index (χ1) is 11.9. The van der Waals surface area contributed by atoms with E-state index in [-0.39, 0.29) is 18.2 Å². The smallest absolute Gasteiger partial charge is 0.163 e. The maximum Gasteiger partial charge on any atom is 0.163 e. The Kier molecular flexibility index (Phi) is 3.97. The zero-order chi connectivity index (χ0) is 17.8. The summed E-state index contributed by atoms with van der Waals surface area (Å²) < 4.78 is 14.7. The zero-order valence-electron chi connectivity index (χ0n) is 15.3. The fourth-order valence-electron chi connectivity index (χ4n) is 4.17. The van der Waals surface area contributed by atoms with Crippen LogP contribution < -0.4 is 11.1 Å². The van der Waals surface area contributed by atoms with E-state index < -0.39 is 5.79 Å². The van der Waals surface area contributed by atoms with Crippen molar-refractivity contribution in [2.24, 2.45) is 5.92 Å². The van der Waals surface area contributed by atoms with Crippen LogP contribution in [0.4, 0.5) is 5.82 Å². The van der Waals surface area contributed by atoms with E-state index in [0.717, 1.165) is 24.0 Å². The van der Waals surface area contributed by atoms with Gasteiger partial charge in [-0.25, -0.2) is 9.97 Å². The van der Waals surface area contributed by atoms with E-state index in [1.807, 2.05) is 26.1 Å². The summed E-state index contributed by atoms with van der Waals surface area (Å²) in [5, 5.41) is 4.44. The third kappa shape index (κ3) is 2.90. The number of hydrogen-bond donors (Lipinski definition) is 2. The van der Waals surface area contributed by atoms with E-state index in [1.54, 1.807) is 0 Å². The molecule has 1 aliphatic heterocycles. The van der Waals surface area contributed by atoms with Crippen LogP contribution in [0, 0.1) is 5.92 Å². The van der Waals surface area contributed by atoms with Gasteiger partial charge in [-0.15, -0.1) is 0 Å². The molecule has 0 amide bonds. The predicted molar refractivity (Wildman–Crippen MR) is 96.0 cm³/mol. The second kappa shape index (κ2) is 5.93. The van der Waals surface area contributed by atoms with Crippen LogP contribution in [0.15, 0.2) is 18.6 Å². The molecule has 4 rings (SSSR count). The molecule has 4 atom stereocenters. The minimum Gasteiger partial charge on any atom is -0.383 e. The molecule has 7 heteroatoms. The maximum absolute atomic E-state index is 6.28. The first-order valence-corrected chi connectivity index (χ1v) is 9.02. The van der Waals surface area contributed by atoms with Crippen molar-refractivity contribution in [1.29, 1.82) is 0 Å². The molecule has 0 spiro atoms. The Labute approximate surface area is 147 Å². The van der Waals surface area contributed by atoms with Gasteiger partial charge in [-0.2, -0.15) is 0 Å². The van der Waals surface area contributed by atoms with E-state index >= 15 is 0 Å². The number of ether oxygens (including phenoxy) is 2. The summed E-state index contributed by atoms with van der Waals surface area (Å²) in [5.74, 6) is 0.358. The topological polar surface area (TPSA) is 87.2 Å². The first-order valence-electron chi connectivity index (χ1n) is 9.02. The minimum absolute atomic E-state index is 0.0146. The minimum atomic E-state index is -0.555. The molecule has 4 unspecified atom stereocenters. The number of nitrogens with one attached hydrogen (secondary N) is 1. The van der Waals surface area contributed by atoms with Crippen LogP contribution >= 0.6 is 0 Å². The summed E-state index contributed by atoms with van der Waals surface area (Å²) in [7, 11) is 0. The van der Waals surface area contributed by atoms with Gasteiger partial charge >= 0.3 is 0 Å². The molecule has 0 radical (unpaired) electrons. The number of fused-ring (bicyclic) bond motifs is 2. The number of anilines is 1. The lowest BCUT2D eigenvalue weighted by molar-refractivity contribution is -0.160. The lowest BCUT2D eigenvalue weighted by Crippen LogP contribution is -2.35. The van der Waals surface area contributed by atoms with Gasteiger partial charge in [-0.3, -0.25) is 0 Å². The number of aromatic nitrogens is 3. The summed E-state index contributed by atoms with van der Waals surface area (Å²) >= 11 is 0. The molecule has 2 aromatic rings. The molecule has 1 saturated heterocycles. The Morgan fingerprint density at radius 1 is 1.32 bits per heavy atom. The molecule has 3 heterocycles. The lowest BCUT2D eigenvalue weighted by Gasteiger charge is -2.25. The summed E-state index contributed by atoms with van der Waals surface area (Å²) in [5.41, 5.74) is 6.86. The van der Waals surface area contributed by atoms with Crippen molar-refractivity contribution in [2.45, 2.75) is 64.2 Å². The quantitative estimate of drug-likeness (QED) is 0.882. The zero-order valence-corrected chi connectivity index (χ0v) is 15.3. The number of nitrogens with two attached hydrogens (primary N) is 1. The third-order valence-electron chi connectivity index (χ3n) is 5.24. The second-order valence-corrected chi connectivity index (χ2v) is 7.91. The Morgan fingerprint density at radius 3 is 2.84 bits per heavy atom. The lowest BCUT2D eigenvalue weighted by atomic mass is 10.1. The highest BCUT2D eigenvalue weighted by atomic mass is 16.8. The van der Waals surface area contributed by atoms with Gasteiger partial charge in [0.2, 0.25) is 0 Å². The van der Waals surface area contributed by atoms with Crippen LogP contribution in [0.5, 0.6) is 0 Å². The first kappa shape index (κ1) is 16.8. The Hall–Kier alpha value is -1.70. The van der Waals surface area contributed by atoms with Gasteiger partial charge in [0.15, 0.2) is 5.79 Å². The molecule has 1 saturated carbocycles. The largest absolute Gasteiger partial charge is 0.383 e. The monoisotopic (exact) mass is 345 g/mol. The van der Waals surface area contributed by atoms with Gasteiger partial charge in [-0.1, -0.05) is 13.8 Å². The molecular weight excluding hydrogens is 318 g/mol. The molecule has 25 heavy (non-hydrogen) atoms. The molecule has 0 aromatic carbocycles. The average Bonchev–Trinajstić information content (AvgIpc) is 3.17. The SMILES string of the molecule is CC(C)NCC1CC(n2ccc3c(N)ncnc32)C2OC(C)(C)OC12. The molecule has 2 aliphatic rings. The summed E-state index contributed by atoms with van der Waals surface area (Å²) in [6, 6.07) is 2.62. The number of rotatable bonds is 4. The molecule has 136 valence electrons. The van der Waals surface area contributed by atoms with Crippen LogP contribution in [-0.4, -0.2) is 45.1 Å². The van der Waals surface area contributed by atoms with Crippen LogP contribution in [0.1, 0.15) is 40.2 Å². The van der Waals surface area contributed by atoms with Gasteiger partial charge in [0.1, 0.15) is 23.9 Å². The van der Waals surface area contributed by atoms with Crippen LogP contribution in [-0.2, 0) is 9.47 Å². The number of nitrogens with zero attached hydrogens (tertiary/aromatic N) is 3. The van der Waals surface area contributed by atoms with Gasteiger partial charge < -0.3 is 25.1 Å². The van der Waals surface area contributed by atoms with E-state index in [2.05, 4.69) is 33.7 Å². The highest BCUT2D eigenvalue weighted by Crippen LogP contribution is 2.47. The van der Waals surface area contributed by atoms with E-state index in [4.69, 9.17) is 15.2 Å².